The smallest absolute Gasteiger partial charge is 0.238 e. The average Bonchev–Trinajstić information content (AvgIpc) is 3.46. The molecule has 4 rings (SSSR count). The summed E-state index contributed by atoms with van der Waals surface area (Å²) in [6.07, 6.45) is 2.20. The van der Waals surface area contributed by atoms with Gasteiger partial charge in [-0.15, -0.1) is 0 Å². The molecule has 0 aliphatic carbocycles. The molecule has 1 aromatic heterocycles. The van der Waals surface area contributed by atoms with Crippen LogP contribution in [0.25, 0.3) is 10.9 Å². The van der Waals surface area contributed by atoms with Gasteiger partial charge in [-0.2, -0.15) is 5.26 Å². The number of hydrogen-bond acceptors (Lipinski definition) is 4. The highest BCUT2D eigenvalue weighted by molar-refractivity contribution is 6.07. The van der Waals surface area contributed by atoms with Gasteiger partial charge in [0.25, 0.3) is 0 Å². The van der Waals surface area contributed by atoms with Crippen LogP contribution in [0.5, 0.6) is 5.75 Å². The fourth-order valence-electron chi connectivity index (χ4n) is 3.93. The second-order valence-corrected chi connectivity index (χ2v) is 7.72. The van der Waals surface area contributed by atoms with E-state index in [1.807, 2.05) is 24.3 Å². The van der Waals surface area contributed by atoms with Gasteiger partial charge >= 0.3 is 0 Å². The van der Waals surface area contributed by atoms with Crippen molar-refractivity contribution >= 4 is 28.5 Å². The number of anilines is 1. The lowest BCUT2D eigenvalue weighted by atomic mass is 9.96. The summed E-state index contributed by atoms with van der Waals surface area (Å²) < 4.78 is 5.25. The van der Waals surface area contributed by atoms with Crippen molar-refractivity contribution in [1.29, 1.82) is 5.26 Å². The third kappa shape index (κ3) is 4.53. The van der Waals surface area contributed by atoms with Gasteiger partial charge in [0.15, 0.2) is 0 Å². The molecule has 0 saturated carbocycles. The quantitative estimate of drug-likeness (QED) is 0.601. The maximum atomic E-state index is 13.2. The fourth-order valence-corrected chi connectivity index (χ4v) is 3.93. The van der Waals surface area contributed by atoms with Crippen LogP contribution in [0.15, 0.2) is 48.5 Å². The molecule has 158 valence electrons. The van der Waals surface area contributed by atoms with Gasteiger partial charge in [-0.3, -0.25) is 9.59 Å². The standard InChI is InChI=1S/C24H24N4O3/c1-31-19-8-9-21-18(13-19)14-22(26-21)27-23(29)20(24(30)28-10-2-3-11-28)12-16-4-6-17(15-25)7-5-16/h4-9,13-14,20,26H,2-3,10-12H2,1H3,(H,27,29). The molecule has 3 aromatic rings. The Hall–Kier alpha value is -3.79. The highest BCUT2D eigenvalue weighted by Gasteiger charge is 2.32. The molecule has 1 aliphatic rings. The van der Waals surface area contributed by atoms with Crippen LogP contribution in [-0.2, 0) is 16.0 Å². The normalized spacial score (nSPS) is 14.3. The molecule has 7 nitrogen and oxygen atoms in total. The minimum Gasteiger partial charge on any atom is -0.497 e. The zero-order valence-corrected chi connectivity index (χ0v) is 17.4. The maximum absolute atomic E-state index is 13.2. The molecule has 2 N–H and O–H groups in total. The Morgan fingerprint density at radius 2 is 1.90 bits per heavy atom. The summed E-state index contributed by atoms with van der Waals surface area (Å²) in [5.41, 5.74) is 2.25. The molecule has 0 radical (unpaired) electrons. The highest BCUT2D eigenvalue weighted by Crippen LogP contribution is 2.25. The van der Waals surface area contributed by atoms with Crippen LogP contribution >= 0.6 is 0 Å². The largest absolute Gasteiger partial charge is 0.497 e. The maximum Gasteiger partial charge on any atom is 0.238 e. The van der Waals surface area contributed by atoms with Crippen LogP contribution in [0.3, 0.4) is 0 Å². The summed E-state index contributed by atoms with van der Waals surface area (Å²) in [4.78, 5) is 31.3. The van der Waals surface area contributed by atoms with E-state index in [1.54, 1.807) is 36.3 Å². The first-order chi connectivity index (χ1) is 15.1. The Labute approximate surface area is 180 Å². The monoisotopic (exact) mass is 416 g/mol. The van der Waals surface area contributed by atoms with E-state index in [9.17, 15) is 9.59 Å². The number of ether oxygens (including phenoxy) is 1. The fraction of sp³-hybridized carbons (Fsp3) is 0.292. The minimum atomic E-state index is -0.841. The molecule has 1 saturated heterocycles. The van der Waals surface area contributed by atoms with Gasteiger partial charge in [-0.05, 0) is 61.2 Å². The molecule has 2 aromatic carbocycles. The van der Waals surface area contributed by atoms with Crippen LogP contribution < -0.4 is 10.1 Å². The Bertz CT molecular complexity index is 1140. The zero-order chi connectivity index (χ0) is 21.8. The van der Waals surface area contributed by atoms with Crippen molar-refractivity contribution in [3.63, 3.8) is 0 Å². The molecule has 2 heterocycles. The lowest BCUT2D eigenvalue weighted by Gasteiger charge is -2.22. The second kappa shape index (κ2) is 8.92. The van der Waals surface area contributed by atoms with Crippen molar-refractivity contribution in [2.45, 2.75) is 19.3 Å². The molecule has 1 unspecified atom stereocenters. The SMILES string of the molecule is COc1ccc2[nH]c(NC(=O)C(Cc3ccc(C#N)cc3)C(=O)N3CCCC3)cc2c1. The van der Waals surface area contributed by atoms with Gasteiger partial charge in [-0.1, -0.05) is 12.1 Å². The number of rotatable bonds is 6. The van der Waals surface area contributed by atoms with Crippen molar-refractivity contribution in [3.05, 3.63) is 59.7 Å². The number of carbonyl (C=O) groups excluding carboxylic acids is 2. The number of methoxy groups -OCH3 is 1. The summed E-state index contributed by atoms with van der Waals surface area (Å²) in [7, 11) is 1.61. The van der Waals surface area contributed by atoms with Crippen LogP contribution in [0, 0.1) is 17.2 Å². The zero-order valence-electron chi connectivity index (χ0n) is 17.4. The number of hydrogen-bond donors (Lipinski definition) is 2. The number of fused-ring (bicyclic) bond motifs is 1. The molecule has 1 fully saturated rings. The van der Waals surface area contributed by atoms with E-state index in [4.69, 9.17) is 10.00 Å². The molecule has 31 heavy (non-hydrogen) atoms. The van der Waals surface area contributed by atoms with Crippen molar-refractivity contribution in [2.75, 3.05) is 25.5 Å². The summed E-state index contributed by atoms with van der Waals surface area (Å²) in [5, 5.41) is 12.8. The van der Waals surface area contributed by atoms with E-state index in [-0.39, 0.29) is 18.2 Å². The lowest BCUT2D eigenvalue weighted by Crippen LogP contribution is -2.41. The van der Waals surface area contributed by atoms with Gasteiger partial charge < -0.3 is 19.9 Å². The Kier molecular flexibility index (Phi) is 5.89. The topological polar surface area (TPSA) is 98.2 Å². The van der Waals surface area contributed by atoms with Crippen LogP contribution in [0.4, 0.5) is 5.82 Å². The van der Waals surface area contributed by atoms with E-state index in [0.717, 1.165) is 35.1 Å². The van der Waals surface area contributed by atoms with Gasteiger partial charge in [0.05, 0.1) is 18.7 Å². The number of H-pyrrole nitrogens is 1. The molecular weight excluding hydrogens is 392 g/mol. The molecule has 0 spiro atoms. The minimum absolute atomic E-state index is 0.155. The van der Waals surface area contributed by atoms with Crippen molar-refractivity contribution in [1.82, 2.24) is 9.88 Å². The van der Waals surface area contributed by atoms with Crippen molar-refractivity contribution < 1.29 is 14.3 Å². The van der Waals surface area contributed by atoms with Crippen LogP contribution in [0.1, 0.15) is 24.0 Å². The van der Waals surface area contributed by atoms with Crippen molar-refractivity contribution in [2.24, 2.45) is 5.92 Å². The highest BCUT2D eigenvalue weighted by atomic mass is 16.5. The van der Waals surface area contributed by atoms with Gasteiger partial charge in [-0.25, -0.2) is 0 Å². The molecule has 2 amide bonds. The van der Waals surface area contributed by atoms with E-state index in [0.29, 0.717) is 24.5 Å². The first-order valence-electron chi connectivity index (χ1n) is 10.3. The summed E-state index contributed by atoms with van der Waals surface area (Å²) in [6, 6.07) is 16.5. The molecular formula is C24H24N4O3. The van der Waals surface area contributed by atoms with E-state index < -0.39 is 5.92 Å². The van der Waals surface area contributed by atoms with E-state index >= 15 is 0 Å². The number of carbonyl (C=O) groups is 2. The van der Waals surface area contributed by atoms with Crippen molar-refractivity contribution in [3.8, 4) is 11.8 Å². The van der Waals surface area contributed by atoms with E-state index in [1.165, 1.54) is 0 Å². The average molecular weight is 416 g/mol. The van der Waals surface area contributed by atoms with Gasteiger partial charge in [0.2, 0.25) is 11.8 Å². The third-order valence-electron chi connectivity index (χ3n) is 5.64. The van der Waals surface area contributed by atoms with Gasteiger partial charge in [0.1, 0.15) is 17.5 Å². The lowest BCUT2D eigenvalue weighted by molar-refractivity contribution is -0.139. The van der Waals surface area contributed by atoms with Crippen LogP contribution in [0.2, 0.25) is 0 Å². The van der Waals surface area contributed by atoms with Crippen LogP contribution in [-0.4, -0.2) is 41.9 Å². The number of nitrogens with one attached hydrogen (secondary N) is 2. The summed E-state index contributed by atoms with van der Waals surface area (Å²) in [5.74, 6) is -0.0801. The Morgan fingerprint density at radius 3 is 2.58 bits per heavy atom. The third-order valence-corrected chi connectivity index (χ3v) is 5.64. The Balaban J connectivity index is 1.56. The number of benzene rings is 2. The number of aromatic amines is 1. The molecule has 1 atom stereocenters. The second-order valence-electron chi connectivity index (χ2n) is 7.72. The number of aromatic nitrogens is 1. The van der Waals surface area contributed by atoms with Gasteiger partial charge in [0, 0.05) is 24.0 Å². The molecule has 1 aliphatic heterocycles. The molecule has 7 heteroatoms. The number of likely N-dealkylation sites (tertiary alicyclic amines) is 1. The first-order valence-corrected chi connectivity index (χ1v) is 10.3. The summed E-state index contributed by atoms with van der Waals surface area (Å²) in [6.45, 7) is 1.37. The van der Waals surface area contributed by atoms with E-state index in [2.05, 4.69) is 16.4 Å². The molecule has 0 bridgehead atoms. The first kappa shape index (κ1) is 20.5. The predicted octanol–water partition coefficient (Wildman–Crippen LogP) is 3.47. The predicted molar refractivity (Wildman–Crippen MR) is 118 cm³/mol. The number of amides is 2. The Morgan fingerprint density at radius 1 is 1.16 bits per heavy atom. The number of nitrogens with zero attached hydrogens (tertiary/aromatic N) is 2. The summed E-state index contributed by atoms with van der Waals surface area (Å²) >= 11 is 0. The number of nitriles is 1.